The molecule has 1 aromatic heterocycles. The molecule has 0 radical (unpaired) electrons. The van der Waals surface area contributed by atoms with E-state index in [1.807, 2.05) is 4.98 Å². The number of carbonyl (C=O) groups is 1. The van der Waals surface area contributed by atoms with Crippen molar-refractivity contribution in [1.82, 2.24) is 15.3 Å². The summed E-state index contributed by atoms with van der Waals surface area (Å²) in [6.45, 7) is 3.53. The van der Waals surface area contributed by atoms with Gasteiger partial charge >= 0.3 is 5.69 Å². The van der Waals surface area contributed by atoms with Crippen LogP contribution in [0.4, 0.5) is 0 Å². The maximum absolute atomic E-state index is 11.7. The first-order valence-corrected chi connectivity index (χ1v) is 5.57. The highest BCUT2D eigenvalue weighted by molar-refractivity contribution is 5.78. The molecule has 0 aliphatic carbocycles. The number of nitrogens with one attached hydrogen (secondary N) is 3. The molecule has 1 aromatic rings. The molecule has 0 spiro atoms. The molecule has 4 N–H and O–H groups in total. The van der Waals surface area contributed by atoms with Crippen LogP contribution in [0.1, 0.15) is 26.0 Å². The van der Waals surface area contributed by atoms with Crippen LogP contribution in [0.3, 0.4) is 0 Å². The molecule has 1 heterocycles. The minimum atomic E-state index is -0.639. The summed E-state index contributed by atoms with van der Waals surface area (Å²) in [4.78, 5) is 38.1. The van der Waals surface area contributed by atoms with Crippen LogP contribution in [-0.2, 0) is 11.2 Å². The Hall–Kier alpha value is -1.89. The lowest BCUT2D eigenvalue weighted by atomic mass is 10.0. The van der Waals surface area contributed by atoms with Crippen LogP contribution >= 0.6 is 0 Å². The fourth-order valence-electron chi connectivity index (χ4n) is 1.55. The molecule has 100 valence electrons. The summed E-state index contributed by atoms with van der Waals surface area (Å²) in [7, 11) is 0. The summed E-state index contributed by atoms with van der Waals surface area (Å²) >= 11 is 0. The lowest BCUT2D eigenvalue weighted by molar-refractivity contribution is -0.122. The van der Waals surface area contributed by atoms with Crippen LogP contribution in [0.25, 0.3) is 0 Å². The zero-order valence-corrected chi connectivity index (χ0v) is 10.4. The Morgan fingerprint density at radius 1 is 1.39 bits per heavy atom. The molecule has 1 amide bonds. The Morgan fingerprint density at radius 2 is 2.06 bits per heavy atom. The Kier molecular flexibility index (Phi) is 4.43. The van der Waals surface area contributed by atoms with E-state index in [1.165, 1.54) is 6.07 Å². The van der Waals surface area contributed by atoms with Gasteiger partial charge in [-0.3, -0.25) is 14.6 Å². The summed E-state index contributed by atoms with van der Waals surface area (Å²) in [5, 5.41) is 11.5. The number of amides is 1. The van der Waals surface area contributed by atoms with Gasteiger partial charge in [0.15, 0.2) is 0 Å². The van der Waals surface area contributed by atoms with Crippen LogP contribution in [-0.4, -0.2) is 33.1 Å². The smallest absolute Gasteiger partial charge is 0.325 e. The van der Waals surface area contributed by atoms with Crippen molar-refractivity contribution < 1.29 is 9.90 Å². The van der Waals surface area contributed by atoms with Crippen molar-refractivity contribution >= 4 is 5.91 Å². The molecule has 0 aliphatic heterocycles. The average Bonchev–Trinajstić information content (AvgIpc) is 2.13. The number of hydrogen-bond acceptors (Lipinski definition) is 4. The first-order valence-electron chi connectivity index (χ1n) is 5.57. The van der Waals surface area contributed by atoms with Crippen molar-refractivity contribution in [3.05, 3.63) is 32.6 Å². The van der Waals surface area contributed by atoms with Gasteiger partial charge in [0.2, 0.25) is 5.91 Å². The molecule has 18 heavy (non-hydrogen) atoms. The Labute approximate surface area is 103 Å². The molecule has 0 saturated heterocycles. The number of aliphatic hydroxyl groups is 1. The summed E-state index contributed by atoms with van der Waals surface area (Å²) in [6, 6.07) is 1.17. The second-order valence-corrected chi connectivity index (χ2v) is 4.70. The van der Waals surface area contributed by atoms with Gasteiger partial charge in [0, 0.05) is 23.9 Å². The third-order valence-electron chi connectivity index (χ3n) is 2.38. The third kappa shape index (κ3) is 4.54. The fourth-order valence-corrected chi connectivity index (χ4v) is 1.55. The summed E-state index contributed by atoms with van der Waals surface area (Å²) in [6.07, 6.45) is 0.332. The van der Waals surface area contributed by atoms with Crippen LogP contribution in [0.2, 0.25) is 0 Å². The van der Waals surface area contributed by atoms with Crippen LogP contribution in [0.15, 0.2) is 15.7 Å². The van der Waals surface area contributed by atoms with Crippen molar-refractivity contribution in [3.8, 4) is 0 Å². The lowest BCUT2D eigenvalue weighted by Gasteiger charge is -2.25. The van der Waals surface area contributed by atoms with Crippen molar-refractivity contribution in [2.45, 2.75) is 32.2 Å². The average molecular weight is 255 g/mol. The fraction of sp³-hybridized carbons (Fsp3) is 0.545. The van der Waals surface area contributed by atoms with Crippen LogP contribution < -0.4 is 16.6 Å². The zero-order valence-electron chi connectivity index (χ0n) is 10.4. The summed E-state index contributed by atoms with van der Waals surface area (Å²) in [5.41, 5.74) is -1.47. The van der Waals surface area contributed by atoms with Gasteiger partial charge in [-0.05, 0) is 20.3 Å². The van der Waals surface area contributed by atoms with Crippen molar-refractivity contribution in [1.29, 1.82) is 0 Å². The summed E-state index contributed by atoms with van der Waals surface area (Å²) in [5.74, 6) is -0.324. The molecule has 0 unspecified atom stereocenters. The number of aromatic nitrogens is 2. The second kappa shape index (κ2) is 5.63. The minimum absolute atomic E-state index is 0.0326. The van der Waals surface area contributed by atoms with Gasteiger partial charge in [0.25, 0.3) is 5.56 Å². The molecule has 0 aromatic carbocycles. The number of aromatic amines is 2. The highest BCUT2D eigenvalue weighted by atomic mass is 16.3. The molecule has 7 heteroatoms. The highest BCUT2D eigenvalue weighted by Gasteiger charge is 2.19. The third-order valence-corrected chi connectivity index (χ3v) is 2.38. The molecule has 1 rings (SSSR count). The van der Waals surface area contributed by atoms with Crippen molar-refractivity contribution in [3.63, 3.8) is 0 Å². The molecule has 0 atom stereocenters. The molecule has 0 bridgehead atoms. The maximum Gasteiger partial charge on any atom is 0.325 e. The van der Waals surface area contributed by atoms with E-state index in [0.717, 1.165) is 0 Å². The number of rotatable bonds is 5. The molecular weight excluding hydrogens is 238 g/mol. The SMILES string of the molecule is CC(C)(CCO)NC(=O)Cc1cc(=O)[nH]c(=O)[nH]1. The number of hydrogen-bond donors (Lipinski definition) is 4. The molecule has 0 saturated carbocycles. The predicted molar refractivity (Wildman–Crippen MR) is 65.3 cm³/mol. The van der Waals surface area contributed by atoms with Gasteiger partial charge in [0.05, 0.1) is 6.42 Å². The van der Waals surface area contributed by atoms with E-state index in [4.69, 9.17) is 5.11 Å². The predicted octanol–water partition coefficient (Wildman–Crippen LogP) is -1.12. The Morgan fingerprint density at radius 3 is 2.61 bits per heavy atom. The van der Waals surface area contributed by atoms with Gasteiger partial charge in [0.1, 0.15) is 0 Å². The summed E-state index contributed by atoms with van der Waals surface area (Å²) < 4.78 is 0. The highest BCUT2D eigenvalue weighted by Crippen LogP contribution is 2.07. The number of carbonyl (C=O) groups excluding carboxylic acids is 1. The second-order valence-electron chi connectivity index (χ2n) is 4.70. The van der Waals surface area contributed by atoms with Gasteiger partial charge in [-0.1, -0.05) is 0 Å². The van der Waals surface area contributed by atoms with Crippen LogP contribution in [0, 0.1) is 0 Å². The molecule has 0 aliphatic rings. The number of aliphatic hydroxyl groups excluding tert-OH is 1. The van der Waals surface area contributed by atoms with Gasteiger partial charge < -0.3 is 15.4 Å². The molecular formula is C11H17N3O4. The van der Waals surface area contributed by atoms with E-state index in [0.29, 0.717) is 6.42 Å². The Balaban J connectivity index is 2.70. The number of H-pyrrole nitrogens is 2. The topological polar surface area (TPSA) is 115 Å². The normalized spacial score (nSPS) is 11.3. The maximum atomic E-state index is 11.7. The standard InChI is InChI=1S/C11H17N3O4/c1-11(2,3-4-15)14-9(17)6-7-5-8(16)13-10(18)12-7/h5,15H,3-4,6H2,1-2H3,(H,14,17)(H2,12,13,16,18). The largest absolute Gasteiger partial charge is 0.396 e. The molecule has 0 fully saturated rings. The Bertz CT molecular complexity index is 501. The van der Waals surface area contributed by atoms with E-state index in [9.17, 15) is 14.4 Å². The van der Waals surface area contributed by atoms with E-state index in [2.05, 4.69) is 10.3 Å². The van der Waals surface area contributed by atoms with Gasteiger partial charge in [-0.2, -0.15) is 0 Å². The lowest BCUT2D eigenvalue weighted by Crippen LogP contribution is -2.45. The van der Waals surface area contributed by atoms with Crippen molar-refractivity contribution in [2.24, 2.45) is 0 Å². The zero-order chi connectivity index (χ0) is 13.8. The quantitative estimate of drug-likeness (QED) is 0.533. The van der Waals surface area contributed by atoms with Gasteiger partial charge in [-0.15, -0.1) is 0 Å². The molecule has 7 nitrogen and oxygen atoms in total. The minimum Gasteiger partial charge on any atom is -0.396 e. The first kappa shape index (κ1) is 14.2. The van der Waals surface area contributed by atoms with E-state index in [1.54, 1.807) is 13.8 Å². The van der Waals surface area contributed by atoms with Crippen molar-refractivity contribution in [2.75, 3.05) is 6.61 Å². The van der Waals surface area contributed by atoms with Gasteiger partial charge in [-0.25, -0.2) is 4.79 Å². The van der Waals surface area contributed by atoms with E-state index >= 15 is 0 Å². The monoisotopic (exact) mass is 255 g/mol. The first-order chi connectivity index (χ1) is 8.32. The van der Waals surface area contributed by atoms with Crippen LogP contribution in [0.5, 0.6) is 0 Å². The van der Waals surface area contributed by atoms with E-state index in [-0.39, 0.29) is 24.6 Å². The van der Waals surface area contributed by atoms with E-state index < -0.39 is 16.8 Å².